The third-order valence-corrected chi connectivity index (χ3v) is 1.96. The molecule has 3 N–H and O–H groups in total. The topological polar surface area (TPSA) is 61.8 Å². The molecule has 0 bridgehead atoms. The van der Waals surface area contributed by atoms with Gasteiger partial charge in [0.1, 0.15) is 0 Å². The van der Waals surface area contributed by atoms with Crippen LogP contribution >= 0.6 is 12.2 Å². The molecule has 1 aliphatic rings. The molecule has 0 aromatic heterocycles. The number of thiocarbonyl (C=S) groups is 1. The fourth-order valence-electron chi connectivity index (χ4n) is 1.17. The van der Waals surface area contributed by atoms with Crippen molar-refractivity contribution in [3.8, 4) is 0 Å². The van der Waals surface area contributed by atoms with E-state index in [-0.39, 0.29) is 10.7 Å². The predicted octanol–water partition coefficient (Wildman–Crippen LogP) is 0.563. The normalized spacial score (nSPS) is 27.8. The van der Waals surface area contributed by atoms with E-state index in [9.17, 15) is 18.3 Å². The highest BCUT2D eigenvalue weighted by Crippen LogP contribution is 2.39. The lowest BCUT2D eigenvalue weighted by atomic mass is 10.1. The molecule has 0 aliphatic carbocycles. The van der Waals surface area contributed by atoms with Crippen LogP contribution in [0.4, 0.5) is 13.2 Å². The van der Waals surface area contributed by atoms with E-state index < -0.39 is 23.4 Å². The standard InChI is InChI=1S/C6H8F3N3OS/c1-3-2-5(13,6(7,8)9)12(11-3)4(10)14/h13H,2H2,1H3,(H2,10,14)/t5-/m1/s1. The highest BCUT2D eigenvalue weighted by atomic mass is 32.1. The highest BCUT2D eigenvalue weighted by Gasteiger charge is 2.61. The molecule has 8 heteroatoms. The number of hydrogen-bond donors (Lipinski definition) is 2. The largest absolute Gasteiger partial charge is 0.438 e. The van der Waals surface area contributed by atoms with Crippen LogP contribution in [0.25, 0.3) is 0 Å². The Morgan fingerprint density at radius 2 is 2.21 bits per heavy atom. The molecular weight excluding hydrogens is 219 g/mol. The summed E-state index contributed by atoms with van der Waals surface area (Å²) in [7, 11) is 0. The molecule has 0 amide bonds. The summed E-state index contributed by atoms with van der Waals surface area (Å²) in [6.07, 6.45) is -5.49. The van der Waals surface area contributed by atoms with Gasteiger partial charge in [-0.2, -0.15) is 23.3 Å². The second kappa shape index (κ2) is 3.06. The Morgan fingerprint density at radius 3 is 2.50 bits per heavy atom. The van der Waals surface area contributed by atoms with Gasteiger partial charge >= 0.3 is 6.18 Å². The van der Waals surface area contributed by atoms with Crippen molar-refractivity contribution >= 4 is 23.0 Å². The molecule has 0 fully saturated rings. The Kier molecular flexibility index (Phi) is 2.44. The fourth-order valence-corrected chi connectivity index (χ4v) is 1.36. The minimum absolute atomic E-state index is 0.123. The fraction of sp³-hybridized carbons (Fsp3) is 0.667. The molecule has 0 aromatic carbocycles. The first kappa shape index (κ1) is 11.2. The molecule has 0 aromatic rings. The van der Waals surface area contributed by atoms with Gasteiger partial charge in [0.15, 0.2) is 5.11 Å². The van der Waals surface area contributed by atoms with E-state index in [1.165, 1.54) is 6.92 Å². The lowest BCUT2D eigenvalue weighted by Crippen LogP contribution is -2.57. The molecule has 1 atom stereocenters. The predicted molar refractivity (Wildman–Crippen MR) is 47.4 cm³/mol. The summed E-state index contributed by atoms with van der Waals surface area (Å²) in [4.78, 5) is 0. The zero-order chi connectivity index (χ0) is 11.1. The third kappa shape index (κ3) is 1.55. The number of rotatable bonds is 0. The van der Waals surface area contributed by atoms with Crippen LogP contribution in [0, 0.1) is 0 Å². The Bertz CT molecular complexity index is 303. The third-order valence-electron chi connectivity index (χ3n) is 1.79. The molecule has 0 unspecified atom stereocenters. The van der Waals surface area contributed by atoms with Crippen LogP contribution in [0.2, 0.25) is 0 Å². The maximum atomic E-state index is 12.4. The van der Waals surface area contributed by atoms with Crippen molar-refractivity contribution in [3.05, 3.63) is 0 Å². The Balaban J connectivity index is 3.08. The van der Waals surface area contributed by atoms with Crippen LogP contribution < -0.4 is 5.73 Å². The van der Waals surface area contributed by atoms with Gasteiger partial charge in [-0.25, -0.2) is 0 Å². The van der Waals surface area contributed by atoms with Crippen LogP contribution in [0.3, 0.4) is 0 Å². The van der Waals surface area contributed by atoms with Gasteiger partial charge < -0.3 is 10.8 Å². The minimum atomic E-state index is -4.85. The zero-order valence-electron chi connectivity index (χ0n) is 7.17. The van der Waals surface area contributed by atoms with E-state index >= 15 is 0 Å². The second-order valence-corrected chi connectivity index (χ2v) is 3.39. The maximum Gasteiger partial charge on any atom is 0.438 e. The molecule has 0 spiro atoms. The van der Waals surface area contributed by atoms with Crippen LogP contribution in [0.1, 0.15) is 13.3 Å². The molecule has 80 valence electrons. The van der Waals surface area contributed by atoms with Gasteiger partial charge in [0.25, 0.3) is 5.72 Å². The Morgan fingerprint density at radius 1 is 1.71 bits per heavy atom. The van der Waals surface area contributed by atoms with Gasteiger partial charge in [0.2, 0.25) is 0 Å². The molecule has 0 saturated heterocycles. The molecule has 14 heavy (non-hydrogen) atoms. The molecule has 1 heterocycles. The number of hydrazone groups is 1. The number of aliphatic hydroxyl groups is 1. The van der Waals surface area contributed by atoms with Crippen molar-refractivity contribution in [3.63, 3.8) is 0 Å². The SMILES string of the molecule is CC1=NN(C(N)=S)[C@](O)(C(F)(F)F)C1. The van der Waals surface area contributed by atoms with Gasteiger partial charge in [-0.1, -0.05) is 0 Å². The van der Waals surface area contributed by atoms with E-state index in [1.54, 1.807) is 0 Å². The molecule has 0 radical (unpaired) electrons. The quantitative estimate of drug-likeness (QED) is 0.594. The molecular formula is C6H8F3N3OS. The summed E-state index contributed by atoms with van der Waals surface area (Å²) in [5, 5.41) is 12.4. The average Bonchev–Trinajstić information content (AvgIpc) is 2.25. The zero-order valence-corrected chi connectivity index (χ0v) is 7.98. The summed E-state index contributed by atoms with van der Waals surface area (Å²) in [5.41, 5.74) is 2.05. The van der Waals surface area contributed by atoms with Crippen LogP contribution in [-0.4, -0.2) is 32.8 Å². The number of halogens is 3. The summed E-state index contributed by atoms with van der Waals surface area (Å²) in [6, 6.07) is 0. The van der Waals surface area contributed by atoms with Gasteiger partial charge in [-0.15, -0.1) is 0 Å². The molecule has 1 rings (SSSR count). The van der Waals surface area contributed by atoms with Gasteiger partial charge in [-0.3, -0.25) is 0 Å². The highest BCUT2D eigenvalue weighted by molar-refractivity contribution is 7.80. The van der Waals surface area contributed by atoms with Crippen molar-refractivity contribution in [1.82, 2.24) is 5.01 Å². The van der Waals surface area contributed by atoms with Crippen molar-refractivity contribution < 1.29 is 18.3 Å². The average molecular weight is 227 g/mol. The second-order valence-electron chi connectivity index (χ2n) is 2.98. The molecule has 0 saturated carbocycles. The number of alkyl halides is 3. The Hall–Kier alpha value is -0.890. The number of nitrogens with two attached hydrogens (primary N) is 1. The van der Waals surface area contributed by atoms with Gasteiger partial charge in [0, 0.05) is 12.1 Å². The van der Waals surface area contributed by atoms with E-state index in [0.717, 1.165) is 0 Å². The summed E-state index contributed by atoms with van der Waals surface area (Å²) >= 11 is 4.36. The maximum absolute atomic E-state index is 12.4. The van der Waals surface area contributed by atoms with E-state index in [4.69, 9.17) is 5.73 Å². The van der Waals surface area contributed by atoms with E-state index in [1.807, 2.05) is 0 Å². The first-order chi connectivity index (χ1) is 6.18. The van der Waals surface area contributed by atoms with Crippen molar-refractivity contribution in [1.29, 1.82) is 0 Å². The number of hydrogen-bond acceptors (Lipinski definition) is 3. The lowest BCUT2D eigenvalue weighted by Gasteiger charge is -2.32. The first-order valence-corrected chi connectivity index (χ1v) is 4.02. The monoisotopic (exact) mass is 227 g/mol. The Labute approximate surface area is 83.2 Å². The van der Waals surface area contributed by atoms with Gasteiger partial charge in [0.05, 0.1) is 0 Å². The minimum Gasteiger partial charge on any atom is -0.375 e. The van der Waals surface area contributed by atoms with Gasteiger partial charge in [-0.05, 0) is 19.1 Å². The van der Waals surface area contributed by atoms with Crippen LogP contribution in [0.5, 0.6) is 0 Å². The molecule has 1 aliphatic heterocycles. The first-order valence-electron chi connectivity index (χ1n) is 3.61. The van der Waals surface area contributed by atoms with E-state index in [2.05, 4.69) is 17.3 Å². The summed E-state index contributed by atoms with van der Waals surface area (Å²) in [5.74, 6) is 0. The summed E-state index contributed by atoms with van der Waals surface area (Å²) in [6.45, 7) is 1.36. The van der Waals surface area contributed by atoms with Crippen molar-refractivity contribution in [2.75, 3.05) is 0 Å². The lowest BCUT2D eigenvalue weighted by molar-refractivity contribution is -0.294. The van der Waals surface area contributed by atoms with Crippen molar-refractivity contribution in [2.24, 2.45) is 10.8 Å². The van der Waals surface area contributed by atoms with Crippen LogP contribution in [-0.2, 0) is 0 Å². The van der Waals surface area contributed by atoms with Crippen LogP contribution in [0.15, 0.2) is 5.10 Å². The van der Waals surface area contributed by atoms with E-state index in [0.29, 0.717) is 0 Å². The van der Waals surface area contributed by atoms with Crippen molar-refractivity contribution in [2.45, 2.75) is 25.2 Å². The number of nitrogens with zero attached hydrogens (tertiary/aromatic N) is 2. The molecule has 4 nitrogen and oxygen atoms in total. The smallest absolute Gasteiger partial charge is 0.375 e. The summed E-state index contributed by atoms with van der Waals surface area (Å²) < 4.78 is 37.3.